The fraction of sp³-hybridized carbons (Fsp3) is 0.938. The van der Waals surface area contributed by atoms with Gasteiger partial charge in [0, 0.05) is 52.3 Å². The van der Waals surface area contributed by atoms with Gasteiger partial charge in [0.25, 0.3) is 0 Å². The number of guanidine groups is 1. The molecule has 3 saturated heterocycles. The first-order valence-corrected chi connectivity index (χ1v) is 8.60. The van der Waals surface area contributed by atoms with Gasteiger partial charge in [0.05, 0.1) is 19.3 Å². The molecule has 0 bridgehead atoms. The van der Waals surface area contributed by atoms with Crippen molar-refractivity contribution in [1.82, 2.24) is 15.1 Å². The molecule has 6 nitrogen and oxygen atoms in total. The van der Waals surface area contributed by atoms with Gasteiger partial charge in [-0.25, -0.2) is 0 Å². The van der Waals surface area contributed by atoms with Gasteiger partial charge >= 0.3 is 0 Å². The number of nitrogens with zero attached hydrogens (tertiary/aromatic N) is 3. The molecule has 0 saturated carbocycles. The van der Waals surface area contributed by atoms with Crippen LogP contribution in [0.3, 0.4) is 0 Å². The Balaban J connectivity index is 0.00000192. The third-order valence-electron chi connectivity index (χ3n) is 5.15. The van der Waals surface area contributed by atoms with Crippen molar-refractivity contribution in [2.45, 2.75) is 31.4 Å². The summed E-state index contributed by atoms with van der Waals surface area (Å²) in [6, 6.07) is 0.670. The van der Waals surface area contributed by atoms with Gasteiger partial charge in [-0.2, -0.15) is 0 Å². The molecular weight excluding hydrogens is 407 g/mol. The van der Waals surface area contributed by atoms with E-state index in [1.807, 2.05) is 7.05 Å². The maximum atomic E-state index is 6.01. The average Bonchev–Trinajstić information content (AvgIpc) is 3.17. The molecule has 0 aromatic heterocycles. The zero-order valence-corrected chi connectivity index (χ0v) is 16.7. The van der Waals surface area contributed by atoms with Crippen molar-refractivity contribution in [3.05, 3.63) is 0 Å². The number of hydrogen-bond acceptors (Lipinski definition) is 4. The monoisotopic (exact) mass is 438 g/mol. The number of ether oxygens (including phenoxy) is 2. The number of hydrogen-bond donors (Lipinski definition) is 1. The maximum absolute atomic E-state index is 6.01. The highest BCUT2D eigenvalue weighted by Crippen LogP contribution is 2.22. The summed E-state index contributed by atoms with van der Waals surface area (Å²) >= 11 is 0. The lowest BCUT2D eigenvalue weighted by molar-refractivity contribution is -0.0454. The third kappa shape index (κ3) is 4.93. The van der Waals surface area contributed by atoms with Crippen LogP contribution in [0.2, 0.25) is 0 Å². The van der Waals surface area contributed by atoms with Crippen LogP contribution < -0.4 is 5.32 Å². The molecule has 134 valence electrons. The van der Waals surface area contributed by atoms with E-state index in [1.165, 1.54) is 25.8 Å². The summed E-state index contributed by atoms with van der Waals surface area (Å²) in [5.41, 5.74) is 0. The quantitative estimate of drug-likeness (QED) is 0.404. The van der Waals surface area contributed by atoms with Crippen LogP contribution in [0, 0.1) is 5.92 Å². The van der Waals surface area contributed by atoms with Crippen LogP contribution in [0.5, 0.6) is 0 Å². The van der Waals surface area contributed by atoms with Gasteiger partial charge in [0.15, 0.2) is 5.96 Å². The SMILES string of the molecule is CN=C(NCC1CN2CCCC2CO1)N1CCC(COC)C1.I. The molecule has 3 atom stereocenters. The van der Waals surface area contributed by atoms with E-state index < -0.39 is 0 Å². The first kappa shape index (κ1) is 19.2. The summed E-state index contributed by atoms with van der Waals surface area (Å²) < 4.78 is 11.3. The fourth-order valence-electron chi connectivity index (χ4n) is 3.94. The summed E-state index contributed by atoms with van der Waals surface area (Å²) in [5, 5.41) is 3.51. The third-order valence-corrected chi connectivity index (χ3v) is 5.15. The minimum atomic E-state index is 0. The van der Waals surface area contributed by atoms with Gasteiger partial charge in [-0.1, -0.05) is 0 Å². The molecule has 0 amide bonds. The molecule has 0 radical (unpaired) electrons. The van der Waals surface area contributed by atoms with Crippen molar-refractivity contribution < 1.29 is 9.47 Å². The maximum Gasteiger partial charge on any atom is 0.193 e. The van der Waals surface area contributed by atoms with Crippen LogP contribution >= 0.6 is 24.0 Å². The topological polar surface area (TPSA) is 49.3 Å². The van der Waals surface area contributed by atoms with Gasteiger partial charge in [0.2, 0.25) is 0 Å². The molecule has 0 aromatic rings. The second-order valence-electron chi connectivity index (χ2n) is 6.73. The second kappa shape index (κ2) is 9.39. The van der Waals surface area contributed by atoms with Crippen molar-refractivity contribution in [3.63, 3.8) is 0 Å². The number of rotatable bonds is 4. The van der Waals surface area contributed by atoms with Crippen molar-refractivity contribution >= 4 is 29.9 Å². The smallest absolute Gasteiger partial charge is 0.193 e. The Morgan fingerprint density at radius 2 is 2.17 bits per heavy atom. The highest BCUT2D eigenvalue weighted by Gasteiger charge is 2.32. The number of nitrogens with one attached hydrogen (secondary N) is 1. The Bertz CT molecular complexity index is 396. The number of likely N-dealkylation sites (tertiary alicyclic amines) is 1. The van der Waals surface area contributed by atoms with E-state index in [-0.39, 0.29) is 30.1 Å². The van der Waals surface area contributed by atoms with Gasteiger partial charge in [-0.15, -0.1) is 24.0 Å². The molecule has 0 aromatic carbocycles. The van der Waals surface area contributed by atoms with E-state index in [4.69, 9.17) is 9.47 Å². The van der Waals surface area contributed by atoms with Gasteiger partial charge in [-0.05, 0) is 25.8 Å². The molecule has 7 heteroatoms. The van der Waals surface area contributed by atoms with Gasteiger partial charge in [0.1, 0.15) is 0 Å². The minimum Gasteiger partial charge on any atom is -0.384 e. The molecule has 3 aliphatic heterocycles. The zero-order valence-electron chi connectivity index (χ0n) is 14.4. The molecule has 3 heterocycles. The van der Waals surface area contributed by atoms with E-state index in [1.54, 1.807) is 7.11 Å². The van der Waals surface area contributed by atoms with Crippen LogP contribution in [0.1, 0.15) is 19.3 Å². The van der Waals surface area contributed by atoms with Crippen LogP contribution in [0.25, 0.3) is 0 Å². The number of aliphatic imine (C=N–C) groups is 1. The van der Waals surface area contributed by atoms with Gasteiger partial charge < -0.3 is 19.7 Å². The Morgan fingerprint density at radius 1 is 1.30 bits per heavy atom. The molecule has 0 aliphatic carbocycles. The zero-order chi connectivity index (χ0) is 15.4. The lowest BCUT2D eigenvalue weighted by Crippen LogP contribution is -2.51. The molecule has 3 aliphatic rings. The molecule has 3 fully saturated rings. The summed E-state index contributed by atoms with van der Waals surface area (Å²) in [6.45, 7) is 6.98. The van der Waals surface area contributed by atoms with Crippen molar-refractivity contribution in [2.75, 3.05) is 60.1 Å². The van der Waals surface area contributed by atoms with E-state index in [9.17, 15) is 0 Å². The van der Waals surface area contributed by atoms with Crippen LogP contribution in [-0.4, -0.2) is 88.0 Å². The Hall–Kier alpha value is -0.120. The van der Waals surface area contributed by atoms with E-state index in [0.717, 1.165) is 45.4 Å². The first-order chi connectivity index (χ1) is 10.8. The van der Waals surface area contributed by atoms with E-state index in [2.05, 4.69) is 20.1 Å². The van der Waals surface area contributed by atoms with Crippen LogP contribution in [0.4, 0.5) is 0 Å². The van der Waals surface area contributed by atoms with Crippen LogP contribution in [0.15, 0.2) is 4.99 Å². The predicted molar refractivity (Wildman–Crippen MR) is 103 cm³/mol. The largest absolute Gasteiger partial charge is 0.384 e. The van der Waals surface area contributed by atoms with E-state index >= 15 is 0 Å². The standard InChI is InChI=1S/C16H30N4O2.HI/c1-17-16(20-7-5-13(9-20)11-21-2)18-8-15-10-19-6-3-4-14(19)12-22-15;/h13-15H,3-12H2,1-2H3,(H,17,18);1H. The molecule has 23 heavy (non-hydrogen) atoms. The van der Waals surface area contributed by atoms with Crippen molar-refractivity contribution in [3.8, 4) is 0 Å². The second-order valence-corrected chi connectivity index (χ2v) is 6.73. The number of methoxy groups -OCH3 is 1. The van der Waals surface area contributed by atoms with Crippen molar-refractivity contribution in [1.29, 1.82) is 0 Å². The van der Waals surface area contributed by atoms with Gasteiger partial charge in [-0.3, -0.25) is 9.89 Å². The first-order valence-electron chi connectivity index (χ1n) is 8.60. The Labute approximate surface area is 157 Å². The number of halogens is 1. The Kier molecular flexibility index (Phi) is 7.84. The summed E-state index contributed by atoms with van der Waals surface area (Å²) in [6.07, 6.45) is 4.09. The summed E-state index contributed by atoms with van der Waals surface area (Å²) in [5.74, 6) is 1.63. The van der Waals surface area contributed by atoms with Crippen LogP contribution in [-0.2, 0) is 9.47 Å². The molecular formula is C16H31IN4O2. The number of fused-ring (bicyclic) bond motifs is 1. The summed E-state index contributed by atoms with van der Waals surface area (Å²) in [4.78, 5) is 9.36. The lowest BCUT2D eigenvalue weighted by atomic mass is 10.1. The minimum absolute atomic E-state index is 0. The summed E-state index contributed by atoms with van der Waals surface area (Å²) in [7, 11) is 3.64. The molecule has 3 rings (SSSR count). The number of morpholine rings is 1. The van der Waals surface area contributed by atoms with Crippen molar-refractivity contribution in [2.24, 2.45) is 10.9 Å². The predicted octanol–water partition coefficient (Wildman–Crippen LogP) is 1.01. The van der Waals surface area contributed by atoms with E-state index in [0.29, 0.717) is 12.0 Å². The fourth-order valence-corrected chi connectivity index (χ4v) is 3.94. The Morgan fingerprint density at radius 3 is 2.96 bits per heavy atom. The normalized spacial score (nSPS) is 31.8. The molecule has 1 N–H and O–H groups in total. The average molecular weight is 438 g/mol. The lowest BCUT2D eigenvalue weighted by Gasteiger charge is -2.35. The molecule has 3 unspecified atom stereocenters. The molecule has 0 spiro atoms. The highest BCUT2D eigenvalue weighted by molar-refractivity contribution is 14.0. The highest BCUT2D eigenvalue weighted by atomic mass is 127.